The molecule has 0 N–H and O–H groups in total. The Balaban J connectivity index is 1.60. The van der Waals surface area contributed by atoms with E-state index in [0.29, 0.717) is 5.95 Å². The predicted molar refractivity (Wildman–Crippen MR) is 102 cm³/mol. The number of hydrogen-bond acceptors (Lipinski definition) is 6. The highest BCUT2D eigenvalue weighted by Gasteiger charge is 2.40. The molecule has 0 bridgehead atoms. The van der Waals surface area contributed by atoms with Gasteiger partial charge in [-0.3, -0.25) is 4.79 Å². The molecule has 0 unspecified atom stereocenters. The zero-order valence-corrected chi connectivity index (χ0v) is 17.0. The van der Waals surface area contributed by atoms with Crippen LogP contribution in [0, 0.1) is 0 Å². The Hall–Kier alpha value is -2.72. The Bertz CT molecular complexity index is 935. The van der Waals surface area contributed by atoms with Crippen LogP contribution >= 0.6 is 0 Å². The van der Waals surface area contributed by atoms with E-state index < -0.39 is 12.0 Å². The van der Waals surface area contributed by atoms with Crippen molar-refractivity contribution in [3.8, 4) is 0 Å². The van der Waals surface area contributed by atoms with Gasteiger partial charge in [0.2, 0.25) is 11.8 Å². The molecule has 4 heterocycles. The number of aromatic nitrogens is 5. The van der Waals surface area contributed by atoms with Gasteiger partial charge in [0.1, 0.15) is 5.69 Å². The summed E-state index contributed by atoms with van der Waals surface area (Å²) in [5.41, 5.74) is 1.03. The largest absolute Gasteiger partial charge is 0.451 e. The summed E-state index contributed by atoms with van der Waals surface area (Å²) < 4.78 is 40.2. The van der Waals surface area contributed by atoms with Crippen LogP contribution in [0.2, 0.25) is 0 Å². The van der Waals surface area contributed by atoms with E-state index in [4.69, 9.17) is 0 Å². The lowest BCUT2D eigenvalue weighted by Gasteiger charge is -2.29. The molecular weight excluding hydrogens is 399 g/mol. The Morgan fingerprint density at radius 1 is 1.03 bits per heavy atom. The molecule has 1 fully saturated rings. The molecule has 0 spiro atoms. The lowest BCUT2D eigenvalue weighted by molar-refractivity contribution is -0.147. The third kappa shape index (κ3) is 3.97. The standard InChI is InChI=1S/C19H24F3N7O/c1-12(2)13-10-14(24-18(23-13)27-6-4-3-5-7-27)16(30)28-8-9-29-15(11-28)25-26-17(29)19(20,21)22/h10,12H,3-9,11H2,1-2H3. The number of halogens is 3. The van der Waals surface area contributed by atoms with Crippen molar-refractivity contribution in [2.45, 2.75) is 58.3 Å². The minimum atomic E-state index is -4.57. The van der Waals surface area contributed by atoms with Crippen molar-refractivity contribution in [2.24, 2.45) is 0 Å². The van der Waals surface area contributed by atoms with Gasteiger partial charge in [-0.15, -0.1) is 10.2 Å². The molecule has 0 radical (unpaired) electrons. The second kappa shape index (κ2) is 7.84. The number of carbonyl (C=O) groups is 1. The molecule has 162 valence electrons. The number of amides is 1. The molecule has 8 nitrogen and oxygen atoms in total. The number of rotatable bonds is 3. The highest BCUT2D eigenvalue weighted by Crippen LogP contribution is 2.30. The molecule has 1 saturated heterocycles. The summed E-state index contributed by atoms with van der Waals surface area (Å²) in [6, 6.07) is 1.68. The van der Waals surface area contributed by atoms with Crippen molar-refractivity contribution >= 4 is 11.9 Å². The lowest BCUT2D eigenvalue weighted by atomic mass is 10.1. The van der Waals surface area contributed by atoms with Crippen LogP contribution in [0.4, 0.5) is 19.1 Å². The molecule has 0 atom stereocenters. The van der Waals surface area contributed by atoms with Crippen LogP contribution in [0.25, 0.3) is 0 Å². The SMILES string of the molecule is CC(C)c1cc(C(=O)N2CCn3c(nnc3C(F)(F)F)C2)nc(N2CCCCC2)n1. The molecule has 30 heavy (non-hydrogen) atoms. The molecule has 11 heteroatoms. The van der Waals surface area contributed by atoms with E-state index in [-0.39, 0.29) is 43.0 Å². The minimum Gasteiger partial charge on any atom is -0.341 e. The number of fused-ring (bicyclic) bond motifs is 1. The maximum Gasteiger partial charge on any atom is 0.451 e. The van der Waals surface area contributed by atoms with Crippen LogP contribution in [-0.4, -0.2) is 55.2 Å². The topological polar surface area (TPSA) is 80.0 Å². The first-order valence-corrected chi connectivity index (χ1v) is 10.2. The van der Waals surface area contributed by atoms with Crippen molar-refractivity contribution < 1.29 is 18.0 Å². The van der Waals surface area contributed by atoms with Gasteiger partial charge in [0, 0.05) is 31.9 Å². The van der Waals surface area contributed by atoms with Crippen molar-refractivity contribution in [3.63, 3.8) is 0 Å². The molecular formula is C19H24F3N7O. The third-order valence-corrected chi connectivity index (χ3v) is 5.48. The van der Waals surface area contributed by atoms with E-state index in [1.807, 2.05) is 13.8 Å². The van der Waals surface area contributed by atoms with Crippen LogP contribution < -0.4 is 4.90 Å². The number of nitrogens with zero attached hydrogens (tertiary/aromatic N) is 7. The van der Waals surface area contributed by atoms with Gasteiger partial charge in [-0.25, -0.2) is 9.97 Å². The number of piperidine rings is 1. The van der Waals surface area contributed by atoms with Crippen molar-refractivity contribution in [3.05, 3.63) is 29.1 Å². The first-order chi connectivity index (χ1) is 14.2. The van der Waals surface area contributed by atoms with E-state index >= 15 is 0 Å². The molecule has 0 aromatic carbocycles. The summed E-state index contributed by atoms with van der Waals surface area (Å²) >= 11 is 0. The zero-order chi connectivity index (χ0) is 21.5. The van der Waals surface area contributed by atoms with Crippen LogP contribution in [0.15, 0.2) is 6.07 Å². The smallest absolute Gasteiger partial charge is 0.341 e. The van der Waals surface area contributed by atoms with E-state index in [1.54, 1.807) is 6.07 Å². The maximum atomic E-state index is 13.2. The van der Waals surface area contributed by atoms with Crippen LogP contribution in [0.1, 0.15) is 66.9 Å². The molecule has 0 saturated carbocycles. The van der Waals surface area contributed by atoms with Gasteiger partial charge < -0.3 is 14.4 Å². The monoisotopic (exact) mass is 423 g/mol. The summed E-state index contributed by atoms with van der Waals surface area (Å²) in [7, 11) is 0. The Morgan fingerprint density at radius 3 is 2.43 bits per heavy atom. The van der Waals surface area contributed by atoms with E-state index in [1.165, 1.54) is 11.3 Å². The fourth-order valence-electron chi connectivity index (χ4n) is 3.80. The Labute approximate surface area is 172 Å². The van der Waals surface area contributed by atoms with Gasteiger partial charge in [0.15, 0.2) is 5.82 Å². The van der Waals surface area contributed by atoms with Gasteiger partial charge in [0.05, 0.1) is 6.54 Å². The Morgan fingerprint density at radius 2 is 1.77 bits per heavy atom. The first-order valence-electron chi connectivity index (χ1n) is 10.2. The van der Waals surface area contributed by atoms with Crippen molar-refractivity contribution in [1.29, 1.82) is 0 Å². The summed E-state index contributed by atoms with van der Waals surface area (Å²) in [5.74, 6) is -0.580. The highest BCUT2D eigenvalue weighted by molar-refractivity contribution is 5.92. The van der Waals surface area contributed by atoms with Crippen molar-refractivity contribution in [2.75, 3.05) is 24.5 Å². The number of anilines is 1. The van der Waals surface area contributed by atoms with E-state index in [9.17, 15) is 18.0 Å². The van der Waals surface area contributed by atoms with Gasteiger partial charge in [-0.05, 0) is 31.2 Å². The van der Waals surface area contributed by atoms with Crippen molar-refractivity contribution in [1.82, 2.24) is 29.6 Å². The van der Waals surface area contributed by atoms with Crippen LogP contribution in [0.3, 0.4) is 0 Å². The fraction of sp³-hybridized carbons (Fsp3) is 0.632. The van der Waals surface area contributed by atoms with E-state index in [2.05, 4.69) is 25.1 Å². The van der Waals surface area contributed by atoms with Crippen LogP contribution in [-0.2, 0) is 19.3 Å². The Kier molecular flexibility index (Phi) is 5.37. The third-order valence-electron chi connectivity index (χ3n) is 5.48. The second-order valence-corrected chi connectivity index (χ2v) is 8.00. The molecule has 2 aromatic rings. The first kappa shape index (κ1) is 20.5. The maximum absolute atomic E-state index is 13.2. The second-order valence-electron chi connectivity index (χ2n) is 8.00. The summed E-state index contributed by atoms with van der Waals surface area (Å²) in [6.45, 7) is 5.78. The molecule has 2 aromatic heterocycles. The fourth-order valence-corrected chi connectivity index (χ4v) is 3.80. The van der Waals surface area contributed by atoms with Gasteiger partial charge in [-0.2, -0.15) is 13.2 Å². The summed E-state index contributed by atoms with van der Waals surface area (Å²) in [6.07, 6.45) is -1.29. The average molecular weight is 423 g/mol. The molecule has 0 aliphatic carbocycles. The predicted octanol–water partition coefficient (Wildman–Crippen LogP) is 2.86. The number of alkyl halides is 3. The van der Waals surface area contributed by atoms with E-state index in [0.717, 1.165) is 36.2 Å². The molecule has 2 aliphatic heterocycles. The number of hydrogen-bond donors (Lipinski definition) is 0. The lowest BCUT2D eigenvalue weighted by Crippen LogP contribution is -2.40. The number of carbonyl (C=O) groups excluding carboxylic acids is 1. The quantitative estimate of drug-likeness (QED) is 0.755. The van der Waals surface area contributed by atoms with Crippen LogP contribution in [0.5, 0.6) is 0 Å². The van der Waals surface area contributed by atoms with Gasteiger partial charge >= 0.3 is 6.18 Å². The molecule has 2 aliphatic rings. The summed E-state index contributed by atoms with van der Waals surface area (Å²) in [4.78, 5) is 25.9. The summed E-state index contributed by atoms with van der Waals surface area (Å²) in [5, 5.41) is 6.91. The molecule has 4 rings (SSSR count). The normalized spacial score (nSPS) is 17.4. The zero-order valence-electron chi connectivity index (χ0n) is 17.0. The van der Waals surface area contributed by atoms with Gasteiger partial charge in [0.25, 0.3) is 5.91 Å². The minimum absolute atomic E-state index is 0.00990. The van der Waals surface area contributed by atoms with Gasteiger partial charge in [-0.1, -0.05) is 13.8 Å². The molecule has 1 amide bonds. The highest BCUT2D eigenvalue weighted by atomic mass is 19.4. The average Bonchev–Trinajstić information content (AvgIpc) is 3.17.